The monoisotopic (exact) mass is 358 g/mol. The van der Waals surface area contributed by atoms with Crippen LogP contribution in [0.3, 0.4) is 0 Å². The lowest BCUT2D eigenvalue weighted by Crippen LogP contribution is -2.37. The van der Waals surface area contributed by atoms with Crippen molar-refractivity contribution in [1.29, 1.82) is 0 Å². The van der Waals surface area contributed by atoms with E-state index in [0.29, 0.717) is 0 Å². The molecule has 0 aliphatic heterocycles. The summed E-state index contributed by atoms with van der Waals surface area (Å²) in [5, 5.41) is 4.55. The van der Waals surface area contributed by atoms with Gasteiger partial charge in [0.15, 0.2) is 0 Å². The van der Waals surface area contributed by atoms with Crippen LogP contribution in [-0.4, -0.2) is 25.2 Å². The van der Waals surface area contributed by atoms with Gasteiger partial charge in [0.05, 0.1) is 6.54 Å². The number of amides is 1. The van der Waals surface area contributed by atoms with E-state index in [1.54, 1.807) is 17.4 Å². The van der Waals surface area contributed by atoms with E-state index in [4.69, 9.17) is 0 Å². The summed E-state index contributed by atoms with van der Waals surface area (Å²) in [6.45, 7) is -1.49. The largest absolute Gasteiger partial charge is 0.405 e. The maximum atomic E-state index is 11.8. The number of rotatable bonds is 4. The summed E-state index contributed by atoms with van der Waals surface area (Å²) in [7, 11) is 0. The Hall–Kier alpha value is -0.990. The molecule has 17 heavy (non-hydrogen) atoms. The number of alkyl halides is 3. The van der Waals surface area contributed by atoms with Crippen LogP contribution >= 0.6 is 22.6 Å². The molecular weight excluding hydrogens is 348 g/mol. The molecule has 3 nitrogen and oxygen atoms in total. The zero-order chi connectivity index (χ0) is 12.9. The van der Waals surface area contributed by atoms with Crippen LogP contribution in [0, 0.1) is 3.57 Å². The van der Waals surface area contributed by atoms with Gasteiger partial charge in [-0.3, -0.25) is 4.79 Å². The average molecular weight is 358 g/mol. The second-order valence-corrected chi connectivity index (χ2v) is 4.39. The molecule has 0 saturated heterocycles. The third-order valence-electron chi connectivity index (χ3n) is 1.80. The van der Waals surface area contributed by atoms with Crippen molar-refractivity contribution in [3.63, 3.8) is 0 Å². The molecule has 0 unspecified atom stereocenters. The first kappa shape index (κ1) is 14.1. The smallest absolute Gasteiger partial charge is 0.375 e. The Morgan fingerprint density at radius 3 is 2.53 bits per heavy atom. The number of hydrogen-bond acceptors (Lipinski definition) is 2. The van der Waals surface area contributed by atoms with E-state index in [-0.39, 0.29) is 6.54 Å². The van der Waals surface area contributed by atoms with Crippen LogP contribution in [0.2, 0.25) is 0 Å². The highest BCUT2D eigenvalue weighted by molar-refractivity contribution is 14.1. The molecule has 7 heteroatoms. The zero-order valence-electron chi connectivity index (χ0n) is 8.64. The lowest BCUT2D eigenvalue weighted by Gasteiger charge is -2.10. The summed E-state index contributed by atoms with van der Waals surface area (Å²) in [4.78, 5) is 11.1. The van der Waals surface area contributed by atoms with Crippen molar-refractivity contribution in [3.8, 4) is 0 Å². The van der Waals surface area contributed by atoms with E-state index in [1.165, 1.54) is 0 Å². The highest BCUT2D eigenvalue weighted by Gasteiger charge is 2.27. The number of para-hydroxylation sites is 1. The van der Waals surface area contributed by atoms with Gasteiger partial charge < -0.3 is 10.6 Å². The molecule has 0 aliphatic rings. The molecule has 0 radical (unpaired) electrons. The zero-order valence-corrected chi connectivity index (χ0v) is 10.8. The Bertz CT molecular complexity index is 395. The molecule has 0 bridgehead atoms. The summed E-state index contributed by atoms with van der Waals surface area (Å²) in [5.41, 5.74) is 0.718. The van der Waals surface area contributed by atoms with Crippen LogP contribution in [0.15, 0.2) is 24.3 Å². The molecule has 1 rings (SSSR count). The molecule has 1 aromatic rings. The van der Waals surface area contributed by atoms with Crippen molar-refractivity contribution >= 4 is 34.2 Å². The average Bonchev–Trinajstić information content (AvgIpc) is 2.24. The molecule has 0 atom stereocenters. The first-order chi connectivity index (χ1) is 7.88. The maximum absolute atomic E-state index is 11.8. The summed E-state index contributed by atoms with van der Waals surface area (Å²) >= 11 is 2.07. The molecule has 1 amide bonds. The SMILES string of the molecule is O=C(CNc1ccccc1I)NCC(F)(F)F. The molecule has 94 valence electrons. The number of nitrogens with one attached hydrogen (secondary N) is 2. The van der Waals surface area contributed by atoms with Gasteiger partial charge in [-0.2, -0.15) is 13.2 Å². The fraction of sp³-hybridized carbons (Fsp3) is 0.300. The number of halogens is 4. The van der Waals surface area contributed by atoms with Gasteiger partial charge in [0, 0.05) is 9.26 Å². The second kappa shape index (κ2) is 6.08. The summed E-state index contributed by atoms with van der Waals surface area (Å²) in [6.07, 6.45) is -4.38. The lowest BCUT2D eigenvalue weighted by molar-refractivity contribution is -0.137. The Balaban J connectivity index is 2.36. The van der Waals surface area contributed by atoms with Gasteiger partial charge in [-0.05, 0) is 34.7 Å². The lowest BCUT2D eigenvalue weighted by atomic mass is 10.3. The van der Waals surface area contributed by atoms with Crippen LogP contribution < -0.4 is 10.6 Å². The van der Waals surface area contributed by atoms with Crippen LogP contribution in [0.1, 0.15) is 0 Å². The predicted molar refractivity (Wildman–Crippen MR) is 66.7 cm³/mol. The van der Waals surface area contributed by atoms with E-state index in [1.807, 2.05) is 12.1 Å². The molecule has 2 N–H and O–H groups in total. The summed E-state index contributed by atoms with van der Waals surface area (Å²) < 4.78 is 36.3. The van der Waals surface area contributed by atoms with Crippen LogP contribution in [0.5, 0.6) is 0 Å². The quantitative estimate of drug-likeness (QED) is 0.812. The van der Waals surface area contributed by atoms with Gasteiger partial charge in [-0.25, -0.2) is 0 Å². The van der Waals surface area contributed by atoms with E-state index in [9.17, 15) is 18.0 Å². The van der Waals surface area contributed by atoms with Crippen molar-refractivity contribution in [2.45, 2.75) is 6.18 Å². The topological polar surface area (TPSA) is 41.1 Å². The normalized spacial score (nSPS) is 11.1. The molecule has 0 spiro atoms. The number of anilines is 1. The van der Waals surface area contributed by atoms with Crippen LogP contribution in [0.4, 0.5) is 18.9 Å². The third kappa shape index (κ3) is 5.76. The number of hydrogen-bond donors (Lipinski definition) is 2. The number of benzene rings is 1. The van der Waals surface area contributed by atoms with Gasteiger partial charge in [0.2, 0.25) is 5.91 Å². The van der Waals surface area contributed by atoms with Crippen molar-refractivity contribution in [2.24, 2.45) is 0 Å². The van der Waals surface area contributed by atoms with Crippen LogP contribution in [-0.2, 0) is 4.79 Å². The first-order valence-corrected chi connectivity index (χ1v) is 5.78. The van der Waals surface area contributed by atoms with E-state index >= 15 is 0 Å². The van der Waals surface area contributed by atoms with Crippen LogP contribution in [0.25, 0.3) is 0 Å². The minimum Gasteiger partial charge on any atom is -0.375 e. The van der Waals surface area contributed by atoms with Crippen molar-refractivity contribution < 1.29 is 18.0 Å². The van der Waals surface area contributed by atoms with Gasteiger partial charge >= 0.3 is 6.18 Å². The molecule has 0 fully saturated rings. The number of carbonyl (C=O) groups excluding carboxylic acids is 1. The van der Waals surface area contributed by atoms with Gasteiger partial charge in [-0.15, -0.1) is 0 Å². The van der Waals surface area contributed by atoms with Crippen molar-refractivity contribution in [3.05, 3.63) is 27.8 Å². The van der Waals surface area contributed by atoms with E-state index < -0.39 is 18.6 Å². The molecule has 0 heterocycles. The van der Waals surface area contributed by atoms with Gasteiger partial charge in [0.25, 0.3) is 0 Å². The number of carbonyl (C=O) groups is 1. The Morgan fingerprint density at radius 1 is 1.29 bits per heavy atom. The molecular formula is C10H10F3IN2O. The van der Waals surface area contributed by atoms with E-state index in [0.717, 1.165) is 9.26 Å². The Kier molecular flexibility index (Phi) is 5.03. The summed E-state index contributed by atoms with van der Waals surface area (Å²) in [5.74, 6) is -0.693. The Morgan fingerprint density at radius 2 is 1.94 bits per heavy atom. The van der Waals surface area contributed by atoms with Crippen molar-refractivity contribution in [1.82, 2.24) is 5.32 Å². The summed E-state index contributed by atoms with van der Waals surface area (Å²) in [6, 6.07) is 7.18. The fourth-order valence-electron chi connectivity index (χ4n) is 1.04. The third-order valence-corrected chi connectivity index (χ3v) is 2.74. The molecule has 0 aromatic heterocycles. The second-order valence-electron chi connectivity index (χ2n) is 3.23. The Labute approximate surface area is 110 Å². The fourth-order valence-corrected chi connectivity index (χ4v) is 1.62. The standard InChI is InChI=1S/C10H10F3IN2O/c11-10(12,13)6-16-9(17)5-15-8-4-2-1-3-7(8)14/h1-4,15H,5-6H2,(H,16,17). The van der Waals surface area contributed by atoms with Gasteiger partial charge in [-0.1, -0.05) is 12.1 Å². The van der Waals surface area contributed by atoms with E-state index in [2.05, 4.69) is 27.9 Å². The highest BCUT2D eigenvalue weighted by atomic mass is 127. The minimum atomic E-state index is -4.38. The highest BCUT2D eigenvalue weighted by Crippen LogP contribution is 2.16. The maximum Gasteiger partial charge on any atom is 0.405 e. The minimum absolute atomic E-state index is 0.184. The van der Waals surface area contributed by atoms with Crippen molar-refractivity contribution in [2.75, 3.05) is 18.4 Å². The molecule has 0 aliphatic carbocycles. The predicted octanol–water partition coefficient (Wildman–Crippen LogP) is 2.38. The molecule has 1 aromatic carbocycles. The molecule has 0 saturated carbocycles. The first-order valence-electron chi connectivity index (χ1n) is 4.70. The van der Waals surface area contributed by atoms with Gasteiger partial charge in [0.1, 0.15) is 6.54 Å².